The van der Waals surface area contributed by atoms with E-state index >= 15 is 0 Å². The number of esters is 2. The minimum atomic E-state index is -1.25. The van der Waals surface area contributed by atoms with Crippen LogP contribution in [0.5, 0.6) is 0 Å². The summed E-state index contributed by atoms with van der Waals surface area (Å²) >= 11 is 2.48. The molecular formula is C31H40N4O10S2. The largest absolute Gasteiger partial charge is 0.511 e. The SMILES string of the molecule is CC(=O)CC(=O)OCC1=C(C(=O)OC(OC(=O)OC2CCCCC2)C2CCCCC2)N2C(=O)[C@@H](NC(=O)Cc3csc(N)n3)[C@H]2SC1. The van der Waals surface area contributed by atoms with Crippen LogP contribution in [0.1, 0.15) is 83.2 Å². The Morgan fingerprint density at radius 3 is 2.40 bits per heavy atom. The summed E-state index contributed by atoms with van der Waals surface area (Å²) in [5.74, 6) is -3.18. The highest BCUT2D eigenvalue weighted by Crippen LogP contribution is 2.41. The molecule has 2 aliphatic heterocycles. The maximum Gasteiger partial charge on any atom is 0.511 e. The Bertz CT molecular complexity index is 1400. The molecule has 256 valence electrons. The summed E-state index contributed by atoms with van der Waals surface area (Å²) in [7, 11) is 0. The zero-order valence-electron chi connectivity index (χ0n) is 26.2. The van der Waals surface area contributed by atoms with E-state index in [1.807, 2.05) is 0 Å². The van der Waals surface area contributed by atoms with Crippen molar-refractivity contribution in [2.45, 2.75) is 108 Å². The van der Waals surface area contributed by atoms with Crippen molar-refractivity contribution in [1.82, 2.24) is 15.2 Å². The predicted octanol–water partition coefficient (Wildman–Crippen LogP) is 3.38. The van der Waals surface area contributed by atoms with Crippen LogP contribution < -0.4 is 11.1 Å². The smallest absolute Gasteiger partial charge is 0.461 e. The third-order valence-electron chi connectivity index (χ3n) is 8.55. The number of aromatic nitrogens is 1. The molecule has 1 unspecified atom stereocenters. The van der Waals surface area contributed by atoms with Gasteiger partial charge in [0.05, 0.1) is 12.1 Å². The summed E-state index contributed by atoms with van der Waals surface area (Å²) in [6.45, 7) is 0.895. The molecule has 1 aromatic heterocycles. The van der Waals surface area contributed by atoms with Crippen molar-refractivity contribution in [3.63, 3.8) is 0 Å². The summed E-state index contributed by atoms with van der Waals surface area (Å²) < 4.78 is 22.3. The summed E-state index contributed by atoms with van der Waals surface area (Å²) in [4.78, 5) is 81.9. The number of hydrogen-bond acceptors (Lipinski definition) is 14. The zero-order chi connectivity index (χ0) is 33.5. The van der Waals surface area contributed by atoms with Crippen LogP contribution in [0.25, 0.3) is 0 Å². The maximum absolute atomic E-state index is 13.9. The highest BCUT2D eigenvalue weighted by atomic mass is 32.2. The number of amides is 2. The lowest BCUT2D eigenvalue weighted by molar-refractivity contribution is -0.185. The van der Waals surface area contributed by atoms with Gasteiger partial charge in [-0.1, -0.05) is 25.7 Å². The highest BCUT2D eigenvalue weighted by molar-refractivity contribution is 8.00. The van der Waals surface area contributed by atoms with Crippen molar-refractivity contribution >= 4 is 63.9 Å². The summed E-state index contributed by atoms with van der Waals surface area (Å²) in [5, 5.41) is 4.06. The number of carbonyl (C=O) groups excluding carboxylic acids is 6. The number of thiazole rings is 1. The number of fused-ring (bicyclic) bond motifs is 1. The molecule has 4 aliphatic rings. The average molecular weight is 693 g/mol. The van der Waals surface area contributed by atoms with Crippen LogP contribution in [-0.4, -0.2) is 81.7 Å². The molecule has 3 N–H and O–H groups in total. The molecule has 3 heterocycles. The zero-order valence-corrected chi connectivity index (χ0v) is 27.9. The van der Waals surface area contributed by atoms with E-state index < -0.39 is 54.0 Å². The molecule has 1 aromatic rings. The minimum Gasteiger partial charge on any atom is -0.461 e. The molecule has 0 aromatic carbocycles. The number of nitrogens with two attached hydrogens (primary N) is 1. The number of rotatable bonds is 12. The Kier molecular flexibility index (Phi) is 11.8. The van der Waals surface area contributed by atoms with Crippen LogP contribution >= 0.6 is 23.1 Å². The van der Waals surface area contributed by atoms with Crippen LogP contribution in [0, 0.1) is 5.92 Å². The van der Waals surface area contributed by atoms with Gasteiger partial charge >= 0.3 is 18.1 Å². The summed E-state index contributed by atoms with van der Waals surface area (Å²) in [6, 6.07) is -0.927. The number of ketones is 1. The van der Waals surface area contributed by atoms with Gasteiger partial charge in [0, 0.05) is 22.6 Å². The first kappa shape index (κ1) is 34.7. The van der Waals surface area contributed by atoms with Crippen molar-refractivity contribution in [2.75, 3.05) is 18.1 Å². The van der Waals surface area contributed by atoms with Gasteiger partial charge in [-0.25, -0.2) is 14.6 Å². The third kappa shape index (κ3) is 9.03. The fraction of sp³-hybridized carbons (Fsp3) is 0.645. The fourth-order valence-electron chi connectivity index (χ4n) is 6.22. The predicted molar refractivity (Wildman–Crippen MR) is 169 cm³/mol. The van der Waals surface area contributed by atoms with Crippen LogP contribution in [0.4, 0.5) is 9.93 Å². The molecular weight excluding hydrogens is 652 g/mol. The monoisotopic (exact) mass is 692 g/mol. The van der Waals surface area contributed by atoms with Gasteiger partial charge in [0.1, 0.15) is 42.0 Å². The van der Waals surface area contributed by atoms with Crippen molar-refractivity contribution in [1.29, 1.82) is 0 Å². The van der Waals surface area contributed by atoms with E-state index in [1.54, 1.807) is 5.38 Å². The first-order valence-corrected chi connectivity index (χ1v) is 17.9. The van der Waals surface area contributed by atoms with Crippen LogP contribution in [0.15, 0.2) is 16.7 Å². The molecule has 0 radical (unpaired) electrons. The average Bonchev–Trinajstić information content (AvgIpc) is 3.46. The second-order valence-corrected chi connectivity index (χ2v) is 14.2. The summed E-state index contributed by atoms with van der Waals surface area (Å²) in [6.07, 6.45) is 5.64. The van der Waals surface area contributed by atoms with Crippen LogP contribution in [0.2, 0.25) is 0 Å². The van der Waals surface area contributed by atoms with Gasteiger partial charge in [-0.15, -0.1) is 23.1 Å². The lowest BCUT2D eigenvalue weighted by atomic mass is 9.89. The number of β-lactam (4-membered cyclic amide) rings is 1. The molecule has 0 spiro atoms. The molecule has 2 aliphatic carbocycles. The number of nitrogens with one attached hydrogen (secondary N) is 1. The van der Waals surface area contributed by atoms with Crippen LogP contribution in [-0.2, 0) is 49.3 Å². The van der Waals surface area contributed by atoms with Gasteiger partial charge in [0.15, 0.2) is 5.13 Å². The number of anilines is 1. The molecule has 14 nitrogen and oxygen atoms in total. The van der Waals surface area contributed by atoms with E-state index in [9.17, 15) is 28.8 Å². The lowest BCUT2D eigenvalue weighted by Crippen LogP contribution is -2.70. The van der Waals surface area contributed by atoms with Gasteiger partial charge in [-0.2, -0.15) is 0 Å². The van der Waals surface area contributed by atoms with Crippen molar-refractivity contribution in [3.05, 3.63) is 22.3 Å². The quantitative estimate of drug-likeness (QED) is 0.107. The van der Waals surface area contributed by atoms with Gasteiger partial charge in [-0.3, -0.25) is 24.1 Å². The van der Waals surface area contributed by atoms with E-state index in [0.717, 1.165) is 51.4 Å². The second-order valence-electron chi connectivity index (χ2n) is 12.2. The van der Waals surface area contributed by atoms with Gasteiger partial charge in [-0.05, 0) is 45.4 Å². The Morgan fingerprint density at radius 1 is 1.04 bits per heavy atom. The second kappa shape index (κ2) is 16.0. The number of Topliss-reactive ketones (excluding diaryl/α,β-unsaturated/α-hetero) is 1. The van der Waals surface area contributed by atoms with E-state index in [-0.39, 0.29) is 47.9 Å². The Labute approximate surface area is 280 Å². The van der Waals surface area contributed by atoms with Gasteiger partial charge < -0.3 is 30.0 Å². The number of carbonyl (C=O) groups is 6. The third-order valence-corrected chi connectivity index (χ3v) is 10.6. The molecule has 3 fully saturated rings. The standard InChI is InChI=1S/C31H40N4O10S2/c1-17(36)12-23(38)42-14-19-15-46-27-24(34-22(37)13-20-16-47-30(32)33-20)26(39)35(27)25(19)28(40)44-29(18-8-4-2-5-9-18)45-31(41)43-21-10-6-3-7-11-21/h16,18,21,24,27,29H,2-15H2,1H3,(H2,32,33)(H,34,37)/t24-,27-,29?/m1/s1. The number of nitrogens with zero attached hydrogens (tertiary/aromatic N) is 2. The first-order valence-electron chi connectivity index (χ1n) is 16.0. The van der Waals surface area contributed by atoms with Crippen LogP contribution in [0.3, 0.4) is 0 Å². The Balaban J connectivity index is 1.32. The molecule has 0 bridgehead atoms. The number of nitrogen functional groups attached to an aromatic ring is 1. The van der Waals surface area contributed by atoms with E-state index in [0.29, 0.717) is 23.7 Å². The number of thioether (sulfide) groups is 1. The molecule has 2 amide bonds. The summed E-state index contributed by atoms with van der Waals surface area (Å²) in [5.41, 5.74) is 6.28. The number of hydrogen-bond donors (Lipinski definition) is 2. The molecule has 47 heavy (non-hydrogen) atoms. The Hall–Kier alpha value is -3.66. The van der Waals surface area contributed by atoms with Crippen molar-refractivity contribution in [3.8, 4) is 0 Å². The highest BCUT2D eigenvalue weighted by Gasteiger charge is 2.55. The van der Waals surface area contributed by atoms with Crippen molar-refractivity contribution < 1.29 is 47.7 Å². The van der Waals surface area contributed by atoms with E-state index in [1.165, 1.54) is 34.9 Å². The number of ether oxygens (including phenoxy) is 4. The van der Waals surface area contributed by atoms with E-state index in [2.05, 4.69) is 10.3 Å². The lowest BCUT2D eigenvalue weighted by Gasteiger charge is -2.49. The molecule has 16 heteroatoms. The molecule has 3 atom stereocenters. The van der Waals surface area contributed by atoms with Gasteiger partial charge in [0.2, 0.25) is 5.91 Å². The topological polar surface area (TPSA) is 194 Å². The Morgan fingerprint density at radius 2 is 1.74 bits per heavy atom. The first-order chi connectivity index (χ1) is 22.6. The normalized spacial score (nSPS) is 22.4. The molecule has 1 saturated heterocycles. The van der Waals surface area contributed by atoms with Gasteiger partial charge in [0.25, 0.3) is 12.2 Å². The molecule has 5 rings (SSSR count). The maximum atomic E-state index is 13.9. The fourth-order valence-corrected chi connectivity index (χ4v) is 8.11. The molecule has 2 saturated carbocycles. The minimum absolute atomic E-state index is 0.0751. The van der Waals surface area contributed by atoms with E-state index in [4.69, 9.17) is 24.7 Å². The van der Waals surface area contributed by atoms with Crippen molar-refractivity contribution in [2.24, 2.45) is 5.92 Å².